The van der Waals surface area contributed by atoms with Crippen LogP contribution < -0.4 is 19.6 Å². The van der Waals surface area contributed by atoms with E-state index in [1.807, 2.05) is 12.1 Å². The van der Waals surface area contributed by atoms with Crippen LogP contribution in [0.2, 0.25) is 0 Å². The molecule has 0 bridgehead atoms. The number of nitro groups is 1. The molecule has 0 N–H and O–H groups in total. The normalized spacial score (nSPS) is 15.1. The molecule has 0 amide bonds. The average molecular weight is 546 g/mol. The zero-order chi connectivity index (χ0) is 27.7. The van der Waals surface area contributed by atoms with E-state index >= 15 is 0 Å². The van der Waals surface area contributed by atoms with Crippen molar-refractivity contribution < 1.29 is 23.6 Å². The van der Waals surface area contributed by atoms with E-state index in [2.05, 4.69) is 4.99 Å². The number of aromatic nitrogens is 1. The van der Waals surface area contributed by atoms with Crippen LogP contribution in [0.5, 0.6) is 5.75 Å². The molecule has 2 aromatic heterocycles. The first-order valence-electron chi connectivity index (χ1n) is 12.0. The zero-order valence-electron chi connectivity index (χ0n) is 21.2. The van der Waals surface area contributed by atoms with Crippen LogP contribution in [-0.2, 0) is 9.53 Å². The van der Waals surface area contributed by atoms with E-state index < -0.39 is 16.9 Å². The predicted molar refractivity (Wildman–Crippen MR) is 144 cm³/mol. The number of thiazole rings is 1. The van der Waals surface area contributed by atoms with Gasteiger partial charge in [0.2, 0.25) is 0 Å². The average Bonchev–Trinajstić information content (AvgIpc) is 3.52. The molecule has 198 valence electrons. The van der Waals surface area contributed by atoms with Crippen LogP contribution >= 0.6 is 11.3 Å². The van der Waals surface area contributed by atoms with Crippen LogP contribution in [0.15, 0.2) is 86.1 Å². The van der Waals surface area contributed by atoms with Crippen molar-refractivity contribution in [2.24, 2.45) is 4.99 Å². The fourth-order valence-corrected chi connectivity index (χ4v) is 5.49. The highest BCUT2D eigenvalue weighted by Crippen LogP contribution is 2.35. The Kier molecular flexibility index (Phi) is 6.99. The quantitative estimate of drug-likeness (QED) is 0.195. The molecule has 1 aliphatic heterocycles. The Hall–Kier alpha value is -4.77. The third-order valence-corrected chi connectivity index (χ3v) is 7.18. The number of hydrogen-bond acceptors (Lipinski definition) is 9. The summed E-state index contributed by atoms with van der Waals surface area (Å²) in [7, 11) is 1.53. The van der Waals surface area contributed by atoms with E-state index in [0.717, 1.165) is 11.3 Å². The second kappa shape index (κ2) is 10.5. The van der Waals surface area contributed by atoms with E-state index in [9.17, 15) is 19.7 Å². The number of nitro benzene ring substituents is 1. The van der Waals surface area contributed by atoms with Gasteiger partial charge in [0.15, 0.2) is 4.80 Å². The Morgan fingerprint density at radius 3 is 2.74 bits per heavy atom. The molecule has 0 radical (unpaired) electrons. The third-order valence-electron chi connectivity index (χ3n) is 6.19. The number of nitrogens with zero attached hydrogens (tertiary/aromatic N) is 3. The van der Waals surface area contributed by atoms with Crippen LogP contribution in [0.3, 0.4) is 0 Å². The van der Waals surface area contributed by atoms with Gasteiger partial charge in [0.1, 0.15) is 23.3 Å². The number of hydrogen-bond donors (Lipinski definition) is 0. The fourth-order valence-electron chi connectivity index (χ4n) is 4.47. The summed E-state index contributed by atoms with van der Waals surface area (Å²) in [4.78, 5) is 42.5. The van der Waals surface area contributed by atoms with Gasteiger partial charge in [0.25, 0.3) is 11.2 Å². The van der Waals surface area contributed by atoms with Gasteiger partial charge in [-0.25, -0.2) is 9.79 Å². The highest BCUT2D eigenvalue weighted by atomic mass is 32.1. The molecule has 11 heteroatoms. The smallest absolute Gasteiger partial charge is 0.338 e. The lowest BCUT2D eigenvalue weighted by Gasteiger charge is -2.25. The number of esters is 1. The largest absolute Gasteiger partial charge is 0.496 e. The maximum absolute atomic E-state index is 13.8. The lowest BCUT2D eigenvalue weighted by molar-refractivity contribution is -0.384. The number of furan rings is 1. The number of methoxy groups -OCH3 is 1. The Morgan fingerprint density at radius 1 is 1.21 bits per heavy atom. The number of allylic oxidation sites excluding steroid dienone is 1. The van der Waals surface area contributed by atoms with Crippen LogP contribution in [0.25, 0.3) is 17.4 Å². The SMILES string of the molecule is CCOC(=O)C1=C(C)N=c2s/c(=C/c3ccc(-c4cccc([N+](=O)[O-])c4)o3)c(=O)n2C1c1ccccc1OC. The standard InChI is InChI=1S/C28H23N3O7S/c1-4-37-27(33)24-16(2)29-28-30(25(24)20-10-5-6-11-22(20)36-3)26(32)23(39-28)15-19-12-13-21(38-19)17-8-7-9-18(14-17)31(34)35/h5-15,25H,4H2,1-3H3/b23-15+. The van der Waals surface area contributed by atoms with E-state index in [0.29, 0.717) is 43.4 Å². The van der Waals surface area contributed by atoms with Crippen molar-refractivity contribution in [3.8, 4) is 17.1 Å². The van der Waals surface area contributed by atoms with Gasteiger partial charge in [-0.15, -0.1) is 0 Å². The molecule has 4 aromatic rings. The van der Waals surface area contributed by atoms with Crippen LogP contribution in [0.4, 0.5) is 5.69 Å². The fraction of sp³-hybridized carbons (Fsp3) is 0.179. The minimum atomic E-state index is -0.810. The zero-order valence-corrected chi connectivity index (χ0v) is 22.1. The molecule has 1 atom stereocenters. The molecule has 1 aliphatic rings. The molecule has 39 heavy (non-hydrogen) atoms. The molecule has 10 nitrogen and oxygen atoms in total. The van der Waals surface area contributed by atoms with Crippen molar-refractivity contribution in [3.63, 3.8) is 0 Å². The van der Waals surface area contributed by atoms with Crippen LogP contribution in [0.1, 0.15) is 31.2 Å². The molecule has 1 unspecified atom stereocenters. The van der Waals surface area contributed by atoms with E-state index in [-0.39, 0.29) is 23.4 Å². The molecule has 0 saturated heterocycles. The van der Waals surface area contributed by atoms with Gasteiger partial charge in [-0.05, 0) is 32.0 Å². The van der Waals surface area contributed by atoms with Gasteiger partial charge >= 0.3 is 5.97 Å². The Morgan fingerprint density at radius 2 is 2.00 bits per heavy atom. The van der Waals surface area contributed by atoms with E-state index in [1.54, 1.807) is 56.3 Å². The van der Waals surface area contributed by atoms with Gasteiger partial charge in [0.05, 0.1) is 34.4 Å². The molecule has 3 heterocycles. The van der Waals surface area contributed by atoms with E-state index in [4.69, 9.17) is 13.9 Å². The molecule has 5 rings (SSSR count). The van der Waals surface area contributed by atoms with Crippen molar-refractivity contribution in [2.45, 2.75) is 19.9 Å². The highest BCUT2D eigenvalue weighted by molar-refractivity contribution is 7.07. The van der Waals surface area contributed by atoms with Crippen molar-refractivity contribution in [1.29, 1.82) is 0 Å². The minimum Gasteiger partial charge on any atom is -0.496 e. The summed E-state index contributed by atoms with van der Waals surface area (Å²) in [6.07, 6.45) is 1.59. The minimum absolute atomic E-state index is 0.0529. The number of carbonyl (C=O) groups excluding carboxylic acids is 1. The first-order valence-corrected chi connectivity index (χ1v) is 12.8. The van der Waals surface area contributed by atoms with Gasteiger partial charge in [-0.3, -0.25) is 19.5 Å². The Balaban J connectivity index is 1.64. The first kappa shape index (κ1) is 25.9. The summed E-state index contributed by atoms with van der Waals surface area (Å²) in [6, 6.07) is 15.8. The molecular formula is C28H23N3O7S. The monoisotopic (exact) mass is 545 g/mol. The van der Waals surface area contributed by atoms with E-state index in [1.165, 1.54) is 23.8 Å². The van der Waals surface area contributed by atoms with Gasteiger partial charge in [0, 0.05) is 29.3 Å². The lowest BCUT2D eigenvalue weighted by atomic mass is 9.95. The van der Waals surface area contributed by atoms with Gasteiger partial charge in [-0.1, -0.05) is 41.7 Å². The van der Waals surface area contributed by atoms with Gasteiger partial charge in [-0.2, -0.15) is 0 Å². The van der Waals surface area contributed by atoms with Crippen molar-refractivity contribution in [3.05, 3.63) is 113 Å². The summed E-state index contributed by atoms with van der Waals surface area (Å²) >= 11 is 1.16. The molecule has 0 saturated carbocycles. The predicted octanol–water partition coefficient (Wildman–Crippen LogP) is 3.98. The second-order valence-corrected chi connectivity index (χ2v) is 9.56. The number of carbonyl (C=O) groups is 1. The summed E-state index contributed by atoms with van der Waals surface area (Å²) in [5.74, 6) is 0.764. The molecular weight excluding hydrogens is 522 g/mol. The summed E-state index contributed by atoms with van der Waals surface area (Å²) in [5, 5.41) is 11.1. The first-order chi connectivity index (χ1) is 18.8. The number of non-ortho nitro benzene ring substituents is 1. The molecule has 2 aromatic carbocycles. The van der Waals surface area contributed by atoms with Crippen LogP contribution in [-0.4, -0.2) is 29.2 Å². The number of benzene rings is 2. The maximum atomic E-state index is 13.8. The van der Waals surface area contributed by atoms with Gasteiger partial charge < -0.3 is 13.9 Å². The van der Waals surface area contributed by atoms with Crippen molar-refractivity contribution in [1.82, 2.24) is 4.57 Å². The molecule has 0 spiro atoms. The Labute approximate surface area is 225 Å². The number of ether oxygens (including phenoxy) is 2. The number of para-hydroxylation sites is 1. The number of fused-ring (bicyclic) bond motifs is 1. The summed E-state index contributed by atoms with van der Waals surface area (Å²) in [6.45, 7) is 3.60. The molecule has 0 fully saturated rings. The third kappa shape index (κ3) is 4.79. The highest BCUT2D eigenvalue weighted by Gasteiger charge is 2.35. The van der Waals surface area contributed by atoms with Crippen molar-refractivity contribution in [2.75, 3.05) is 13.7 Å². The maximum Gasteiger partial charge on any atom is 0.338 e. The summed E-state index contributed by atoms with van der Waals surface area (Å²) < 4.78 is 18.6. The van der Waals surface area contributed by atoms with Crippen LogP contribution in [0, 0.1) is 10.1 Å². The van der Waals surface area contributed by atoms with Crippen molar-refractivity contribution >= 4 is 29.1 Å². The lowest BCUT2D eigenvalue weighted by Crippen LogP contribution is -2.40. The number of rotatable bonds is 7. The molecule has 0 aliphatic carbocycles. The topological polar surface area (TPSA) is 126 Å². The second-order valence-electron chi connectivity index (χ2n) is 8.55. The Bertz CT molecular complexity index is 1810. The summed E-state index contributed by atoms with van der Waals surface area (Å²) in [5.41, 5.74) is 1.45.